The molecule has 5 nitrogen and oxygen atoms in total. The molecular formula is C24H28N4OS. The quantitative estimate of drug-likeness (QED) is 0.424. The molecule has 156 valence electrons. The summed E-state index contributed by atoms with van der Waals surface area (Å²) in [7, 11) is 0. The summed E-state index contributed by atoms with van der Waals surface area (Å²) < 4.78 is 2.08. The smallest absolute Gasteiger partial charge is 0.230 e. The maximum atomic E-state index is 12.0. The van der Waals surface area contributed by atoms with Gasteiger partial charge in [-0.1, -0.05) is 93.2 Å². The number of amides is 1. The van der Waals surface area contributed by atoms with E-state index in [2.05, 4.69) is 83.8 Å². The molecule has 1 aromatic heterocycles. The number of hydrogen-bond donors (Lipinski definition) is 1. The van der Waals surface area contributed by atoms with Crippen molar-refractivity contribution in [2.75, 3.05) is 12.3 Å². The fourth-order valence-corrected chi connectivity index (χ4v) is 3.77. The molecule has 0 spiro atoms. The van der Waals surface area contributed by atoms with Crippen LogP contribution in [0.25, 0.3) is 11.4 Å². The lowest BCUT2D eigenvalue weighted by atomic mass is 9.87. The number of rotatable bonds is 8. The van der Waals surface area contributed by atoms with E-state index in [0.29, 0.717) is 13.1 Å². The van der Waals surface area contributed by atoms with Gasteiger partial charge in [0, 0.05) is 12.1 Å². The fourth-order valence-electron chi connectivity index (χ4n) is 3.00. The minimum atomic E-state index is -0.0507. The Morgan fingerprint density at radius 2 is 1.80 bits per heavy atom. The molecule has 2 aromatic carbocycles. The first-order valence-electron chi connectivity index (χ1n) is 9.97. The monoisotopic (exact) mass is 420 g/mol. The summed E-state index contributed by atoms with van der Waals surface area (Å²) in [5.74, 6) is 1.03. The molecule has 0 aliphatic heterocycles. The van der Waals surface area contributed by atoms with Gasteiger partial charge in [0.25, 0.3) is 0 Å². The number of thioether (sulfide) groups is 1. The first-order chi connectivity index (χ1) is 14.4. The minimum Gasteiger partial charge on any atom is -0.352 e. The largest absolute Gasteiger partial charge is 0.352 e. The third kappa shape index (κ3) is 5.60. The SMILES string of the molecule is C=CCNC(=O)CSc1nnc(-c2ccc(C(C)(C)C)cc2)n1Cc1ccccc1. The van der Waals surface area contributed by atoms with E-state index < -0.39 is 0 Å². The molecule has 1 heterocycles. The lowest BCUT2D eigenvalue weighted by Crippen LogP contribution is -2.25. The third-order valence-electron chi connectivity index (χ3n) is 4.69. The second-order valence-electron chi connectivity index (χ2n) is 8.09. The van der Waals surface area contributed by atoms with Gasteiger partial charge in [-0.2, -0.15) is 0 Å². The van der Waals surface area contributed by atoms with E-state index in [1.54, 1.807) is 6.08 Å². The van der Waals surface area contributed by atoms with Crippen LogP contribution < -0.4 is 5.32 Å². The summed E-state index contributed by atoms with van der Waals surface area (Å²) in [4.78, 5) is 12.0. The van der Waals surface area contributed by atoms with E-state index in [-0.39, 0.29) is 17.1 Å². The number of carbonyl (C=O) groups is 1. The molecule has 0 bridgehead atoms. The van der Waals surface area contributed by atoms with Gasteiger partial charge in [0.05, 0.1) is 12.3 Å². The van der Waals surface area contributed by atoms with Crippen molar-refractivity contribution >= 4 is 17.7 Å². The van der Waals surface area contributed by atoms with Crippen molar-refractivity contribution in [2.24, 2.45) is 0 Å². The molecule has 0 atom stereocenters. The number of nitrogens with zero attached hydrogens (tertiary/aromatic N) is 3. The van der Waals surface area contributed by atoms with Crippen molar-refractivity contribution in [1.29, 1.82) is 0 Å². The van der Waals surface area contributed by atoms with Crippen molar-refractivity contribution < 1.29 is 4.79 Å². The Hall–Kier alpha value is -2.86. The average Bonchev–Trinajstić information content (AvgIpc) is 3.13. The second-order valence-corrected chi connectivity index (χ2v) is 9.03. The third-order valence-corrected chi connectivity index (χ3v) is 5.65. The van der Waals surface area contributed by atoms with E-state index in [0.717, 1.165) is 22.1 Å². The zero-order chi connectivity index (χ0) is 21.6. The predicted molar refractivity (Wildman–Crippen MR) is 124 cm³/mol. The number of hydrogen-bond acceptors (Lipinski definition) is 4. The molecule has 0 fully saturated rings. The van der Waals surface area contributed by atoms with Crippen LogP contribution in [0.15, 0.2) is 72.4 Å². The van der Waals surface area contributed by atoms with Gasteiger partial charge in [0.1, 0.15) is 0 Å². The first-order valence-corrected chi connectivity index (χ1v) is 11.0. The Balaban J connectivity index is 1.89. The number of carbonyl (C=O) groups excluding carboxylic acids is 1. The van der Waals surface area contributed by atoms with Gasteiger partial charge in [-0.15, -0.1) is 16.8 Å². The summed E-state index contributed by atoms with van der Waals surface area (Å²) in [5, 5.41) is 12.4. The number of benzene rings is 2. The molecule has 0 saturated heterocycles. The van der Waals surface area contributed by atoms with Crippen LogP contribution in [0.3, 0.4) is 0 Å². The van der Waals surface area contributed by atoms with Gasteiger partial charge in [-0.25, -0.2) is 0 Å². The highest BCUT2D eigenvalue weighted by Crippen LogP contribution is 2.28. The van der Waals surface area contributed by atoms with Crippen LogP contribution in [-0.4, -0.2) is 33.0 Å². The van der Waals surface area contributed by atoms with Gasteiger partial charge < -0.3 is 5.32 Å². The zero-order valence-electron chi connectivity index (χ0n) is 17.8. The molecule has 30 heavy (non-hydrogen) atoms. The van der Waals surface area contributed by atoms with E-state index in [4.69, 9.17) is 0 Å². The summed E-state index contributed by atoms with van der Waals surface area (Å²) >= 11 is 1.39. The van der Waals surface area contributed by atoms with Gasteiger partial charge in [-0.3, -0.25) is 9.36 Å². The molecule has 1 amide bonds. The molecule has 3 aromatic rings. The highest BCUT2D eigenvalue weighted by Gasteiger charge is 2.18. The fraction of sp³-hybridized carbons (Fsp3) is 0.292. The van der Waals surface area contributed by atoms with Crippen molar-refractivity contribution in [3.8, 4) is 11.4 Å². The zero-order valence-corrected chi connectivity index (χ0v) is 18.6. The van der Waals surface area contributed by atoms with Crippen molar-refractivity contribution in [3.63, 3.8) is 0 Å². The van der Waals surface area contributed by atoms with Gasteiger partial charge in [0.2, 0.25) is 5.91 Å². The highest BCUT2D eigenvalue weighted by atomic mass is 32.2. The van der Waals surface area contributed by atoms with E-state index in [1.807, 2.05) is 18.2 Å². The Morgan fingerprint density at radius 1 is 1.10 bits per heavy atom. The molecule has 1 N–H and O–H groups in total. The van der Waals surface area contributed by atoms with Crippen LogP contribution in [0.1, 0.15) is 31.9 Å². The van der Waals surface area contributed by atoms with Crippen LogP contribution in [0, 0.1) is 0 Å². The van der Waals surface area contributed by atoms with Crippen LogP contribution in [0.2, 0.25) is 0 Å². The van der Waals surface area contributed by atoms with Gasteiger partial charge in [-0.05, 0) is 16.5 Å². The Bertz CT molecular complexity index is 988. The Labute approximate surface area is 182 Å². The summed E-state index contributed by atoms with van der Waals surface area (Å²) in [6, 6.07) is 18.7. The average molecular weight is 421 g/mol. The normalized spacial score (nSPS) is 11.3. The van der Waals surface area contributed by atoms with Gasteiger partial charge >= 0.3 is 0 Å². The first kappa shape index (κ1) is 21.8. The van der Waals surface area contributed by atoms with Gasteiger partial charge in [0.15, 0.2) is 11.0 Å². The predicted octanol–water partition coefficient (Wildman–Crippen LogP) is 4.69. The van der Waals surface area contributed by atoms with Crippen molar-refractivity contribution in [1.82, 2.24) is 20.1 Å². The molecule has 0 unspecified atom stereocenters. The molecule has 0 aliphatic rings. The molecular weight excluding hydrogens is 392 g/mol. The lowest BCUT2D eigenvalue weighted by Gasteiger charge is -2.19. The molecule has 6 heteroatoms. The summed E-state index contributed by atoms with van der Waals surface area (Å²) in [5.41, 5.74) is 3.53. The number of nitrogens with one attached hydrogen (secondary N) is 1. The van der Waals surface area contributed by atoms with Crippen LogP contribution in [-0.2, 0) is 16.8 Å². The molecule has 3 rings (SSSR count). The number of aromatic nitrogens is 3. The van der Waals surface area contributed by atoms with Crippen molar-refractivity contribution in [3.05, 3.63) is 78.4 Å². The summed E-state index contributed by atoms with van der Waals surface area (Å²) in [6.07, 6.45) is 1.67. The Morgan fingerprint density at radius 3 is 2.43 bits per heavy atom. The Kier molecular flexibility index (Phi) is 7.11. The molecule has 0 saturated carbocycles. The second kappa shape index (κ2) is 9.76. The maximum Gasteiger partial charge on any atom is 0.230 e. The highest BCUT2D eigenvalue weighted by molar-refractivity contribution is 7.99. The maximum absolute atomic E-state index is 12.0. The van der Waals surface area contributed by atoms with Crippen LogP contribution in [0.5, 0.6) is 0 Å². The minimum absolute atomic E-state index is 0.0507. The van der Waals surface area contributed by atoms with E-state index in [9.17, 15) is 4.79 Å². The van der Waals surface area contributed by atoms with Crippen LogP contribution >= 0.6 is 11.8 Å². The molecule has 0 aliphatic carbocycles. The van der Waals surface area contributed by atoms with Crippen LogP contribution in [0.4, 0.5) is 0 Å². The van der Waals surface area contributed by atoms with E-state index >= 15 is 0 Å². The topological polar surface area (TPSA) is 59.8 Å². The summed E-state index contributed by atoms with van der Waals surface area (Å²) in [6.45, 7) is 11.3. The lowest BCUT2D eigenvalue weighted by molar-refractivity contribution is -0.118. The standard InChI is InChI=1S/C24H28N4OS/c1-5-15-25-21(29)17-30-23-27-26-22(28(23)16-18-9-7-6-8-10-18)19-11-13-20(14-12-19)24(2,3)4/h5-14H,1,15-17H2,2-4H3,(H,25,29). The van der Waals surface area contributed by atoms with E-state index in [1.165, 1.54) is 17.3 Å². The van der Waals surface area contributed by atoms with Crippen molar-refractivity contribution in [2.45, 2.75) is 37.9 Å². The molecule has 0 radical (unpaired) electrons.